The summed E-state index contributed by atoms with van der Waals surface area (Å²) in [7, 11) is 1.92. The third kappa shape index (κ3) is 2.09. The summed E-state index contributed by atoms with van der Waals surface area (Å²) in [6.07, 6.45) is 3.33. The van der Waals surface area contributed by atoms with E-state index >= 15 is 0 Å². The molecule has 0 saturated heterocycles. The number of pyridine rings is 1. The molecule has 20 heavy (non-hydrogen) atoms. The lowest BCUT2D eigenvalue weighted by atomic mass is 10.1. The van der Waals surface area contributed by atoms with Crippen molar-refractivity contribution < 1.29 is 4.79 Å². The van der Waals surface area contributed by atoms with Crippen LogP contribution in [0.3, 0.4) is 0 Å². The molecule has 0 aliphatic heterocycles. The van der Waals surface area contributed by atoms with E-state index in [0.717, 1.165) is 10.9 Å². The lowest BCUT2D eigenvalue weighted by Gasteiger charge is -2.03. The van der Waals surface area contributed by atoms with E-state index in [9.17, 15) is 4.79 Å². The number of nitrogens with zero attached hydrogens (tertiary/aromatic N) is 2. The van der Waals surface area contributed by atoms with Gasteiger partial charge in [0.25, 0.3) is 5.91 Å². The average Bonchev–Trinajstić information content (AvgIpc) is 2.79. The number of aromatic nitrogens is 2. The van der Waals surface area contributed by atoms with Crippen molar-refractivity contribution in [2.45, 2.75) is 0 Å². The lowest BCUT2D eigenvalue weighted by Crippen LogP contribution is -2.12. The van der Waals surface area contributed by atoms with E-state index in [4.69, 9.17) is 5.73 Å². The zero-order valence-corrected chi connectivity index (χ0v) is 11.0. The van der Waals surface area contributed by atoms with Crippen molar-refractivity contribution >= 4 is 28.3 Å². The minimum Gasteiger partial charge on any atom is -0.397 e. The van der Waals surface area contributed by atoms with E-state index in [0.29, 0.717) is 17.1 Å². The maximum absolute atomic E-state index is 12.3. The van der Waals surface area contributed by atoms with Gasteiger partial charge in [-0.3, -0.25) is 4.79 Å². The number of carbonyl (C=O) groups is 1. The van der Waals surface area contributed by atoms with E-state index in [-0.39, 0.29) is 5.91 Å². The Morgan fingerprint density at radius 3 is 2.80 bits per heavy atom. The minimum absolute atomic E-state index is 0.181. The van der Waals surface area contributed by atoms with Gasteiger partial charge in [0.1, 0.15) is 5.82 Å². The highest BCUT2D eigenvalue weighted by atomic mass is 16.1. The summed E-state index contributed by atoms with van der Waals surface area (Å²) >= 11 is 0. The van der Waals surface area contributed by atoms with Gasteiger partial charge >= 0.3 is 0 Å². The molecule has 0 atom stereocenters. The van der Waals surface area contributed by atoms with Gasteiger partial charge in [0.2, 0.25) is 0 Å². The van der Waals surface area contributed by atoms with Crippen LogP contribution in [0.4, 0.5) is 11.5 Å². The highest BCUT2D eigenvalue weighted by Gasteiger charge is 2.13. The van der Waals surface area contributed by atoms with E-state index < -0.39 is 0 Å². The number of carbonyl (C=O) groups excluding carboxylic acids is 1. The molecule has 5 heteroatoms. The number of benzene rings is 1. The number of nitrogen functional groups attached to an aromatic ring is 1. The molecule has 0 unspecified atom stereocenters. The number of hydrogen-bond donors (Lipinski definition) is 2. The number of rotatable bonds is 2. The van der Waals surface area contributed by atoms with E-state index in [1.165, 1.54) is 6.20 Å². The summed E-state index contributed by atoms with van der Waals surface area (Å²) in [6, 6.07) is 11.2. The Kier molecular flexibility index (Phi) is 2.87. The van der Waals surface area contributed by atoms with Crippen molar-refractivity contribution in [2.75, 3.05) is 11.1 Å². The van der Waals surface area contributed by atoms with Crippen LogP contribution in [-0.2, 0) is 7.05 Å². The predicted octanol–water partition coefficient (Wildman–Crippen LogP) is 2.41. The molecule has 0 bridgehead atoms. The van der Waals surface area contributed by atoms with Crippen LogP contribution in [0, 0.1) is 0 Å². The van der Waals surface area contributed by atoms with Crippen LogP contribution >= 0.6 is 0 Å². The van der Waals surface area contributed by atoms with E-state index in [1.54, 1.807) is 12.1 Å². The van der Waals surface area contributed by atoms with Gasteiger partial charge in [-0.1, -0.05) is 18.2 Å². The van der Waals surface area contributed by atoms with Crippen LogP contribution in [0.5, 0.6) is 0 Å². The number of anilines is 2. The molecule has 2 heterocycles. The monoisotopic (exact) mass is 266 g/mol. The Labute approximate surface area is 116 Å². The molecule has 5 nitrogen and oxygen atoms in total. The van der Waals surface area contributed by atoms with Crippen LogP contribution < -0.4 is 11.1 Å². The molecule has 1 amide bonds. The van der Waals surface area contributed by atoms with E-state index in [2.05, 4.69) is 10.3 Å². The van der Waals surface area contributed by atoms with Gasteiger partial charge in [-0.15, -0.1) is 0 Å². The topological polar surface area (TPSA) is 72.9 Å². The molecule has 0 radical (unpaired) electrons. The largest absolute Gasteiger partial charge is 0.397 e. The second kappa shape index (κ2) is 4.70. The number of aryl methyl sites for hydroxylation is 1. The molecule has 3 N–H and O–H groups in total. The Morgan fingerprint density at radius 1 is 1.25 bits per heavy atom. The SMILES string of the molecule is Cn1cc(C(=O)Nc2ccc(N)cn2)c2ccccc21. The number of fused-ring (bicyclic) bond motifs is 1. The van der Waals surface area contributed by atoms with Crippen molar-refractivity contribution in [1.29, 1.82) is 0 Å². The van der Waals surface area contributed by atoms with Crippen LogP contribution in [0.25, 0.3) is 10.9 Å². The zero-order valence-electron chi connectivity index (χ0n) is 11.0. The third-order valence-corrected chi connectivity index (χ3v) is 3.17. The average molecular weight is 266 g/mol. The number of amides is 1. The van der Waals surface area contributed by atoms with Gasteiger partial charge < -0.3 is 15.6 Å². The first kappa shape index (κ1) is 12.2. The first-order valence-electron chi connectivity index (χ1n) is 6.22. The molecule has 0 saturated carbocycles. The predicted molar refractivity (Wildman–Crippen MR) is 79.5 cm³/mol. The van der Waals surface area contributed by atoms with Crippen molar-refractivity contribution in [3.05, 3.63) is 54.4 Å². The van der Waals surface area contributed by atoms with Crippen molar-refractivity contribution in [1.82, 2.24) is 9.55 Å². The molecule has 100 valence electrons. The summed E-state index contributed by atoms with van der Waals surface area (Å²) in [5.74, 6) is 0.302. The number of hydrogen-bond acceptors (Lipinski definition) is 3. The van der Waals surface area contributed by atoms with Crippen molar-refractivity contribution in [3.63, 3.8) is 0 Å². The highest BCUT2D eigenvalue weighted by molar-refractivity contribution is 6.12. The van der Waals surface area contributed by atoms with Gasteiger partial charge in [-0.2, -0.15) is 0 Å². The smallest absolute Gasteiger partial charge is 0.258 e. The van der Waals surface area contributed by atoms with Crippen molar-refractivity contribution in [2.24, 2.45) is 7.05 Å². The lowest BCUT2D eigenvalue weighted by molar-refractivity contribution is 0.102. The normalized spacial score (nSPS) is 10.7. The summed E-state index contributed by atoms with van der Waals surface area (Å²) in [4.78, 5) is 16.4. The molecular formula is C15H14N4O. The first-order chi connectivity index (χ1) is 9.65. The van der Waals surface area contributed by atoms with Gasteiger partial charge in [-0.05, 0) is 18.2 Å². The molecule has 3 aromatic rings. The fourth-order valence-corrected chi connectivity index (χ4v) is 2.19. The van der Waals surface area contributed by atoms with Gasteiger partial charge in [-0.25, -0.2) is 4.98 Å². The Morgan fingerprint density at radius 2 is 2.05 bits per heavy atom. The van der Waals surface area contributed by atoms with E-state index in [1.807, 2.05) is 42.1 Å². The maximum atomic E-state index is 12.3. The first-order valence-corrected chi connectivity index (χ1v) is 6.22. The third-order valence-electron chi connectivity index (χ3n) is 3.17. The Bertz CT molecular complexity index is 774. The molecule has 1 aromatic carbocycles. The van der Waals surface area contributed by atoms with Gasteiger partial charge in [0.15, 0.2) is 0 Å². The summed E-state index contributed by atoms with van der Waals surface area (Å²) in [5, 5.41) is 3.69. The molecule has 0 aliphatic carbocycles. The highest BCUT2D eigenvalue weighted by Crippen LogP contribution is 2.21. The second-order valence-corrected chi connectivity index (χ2v) is 4.60. The standard InChI is InChI=1S/C15H14N4O/c1-19-9-12(11-4-2-3-5-13(11)19)15(20)18-14-7-6-10(16)8-17-14/h2-9H,16H2,1H3,(H,17,18,20). The fraction of sp³-hybridized carbons (Fsp3) is 0.0667. The van der Waals surface area contributed by atoms with Gasteiger partial charge in [0, 0.05) is 24.1 Å². The molecule has 0 spiro atoms. The Balaban J connectivity index is 1.95. The van der Waals surface area contributed by atoms with Gasteiger partial charge in [0.05, 0.1) is 17.4 Å². The number of para-hydroxylation sites is 1. The maximum Gasteiger partial charge on any atom is 0.258 e. The molecule has 0 aliphatic rings. The molecular weight excluding hydrogens is 252 g/mol. The zero-order chi connectivity index (χ0) is 14.1. The van der Waals surface area contributed by atoms with Crippen LogP contribution in [-0.4, -0.2) is 15.5 Å². The number of nitrogens with two attached hydrogens (primary N) is 1. The Hall–Kier alpha value is -2.82. The molecule has 3 rings (SSSR count). The number of nitrogens with one attached hydrogen (secondary N) is 1. The summed E-state index contributed by atoms with van der Waals surface area (Å²) in [6.45, 7) is 0. The minimum atomic E-state index is -0.181. The van der Waals surface area contributed by atoms with Crippen LogP contribution in [0.15, 0.2) is 48.8 Å². The fourth-order valence-electron chi connectivity index (χ4n) is 2.19. The van der Waals surface area contributed by atoms with Crippen molar-refractivity contribution in [3.8, 4) is 0 Å². The molecule has 0 fully saturated rings. The summed E-state index contributed by atoms with van der Waals surface area (Å²) < 4.78 is 1.93. The van der Waals surface area contributed by atoms with Crippen LogP contribution in [0.1, 0.15) is 10.4 Å². The quantitative estimate of drug-likeness (QED) is 0.748. The second-order valence-electron chi connectivity index (χ2n) is 4.60. The summed E-state index contributed by atoms with van der Waals surface area (Å²) in [5.41, 5.74) is 7.77. The van der Waals surface area contributed by atoms with Crippen LogP contribution in [0.2, 0.25) is 0 Å². The molecule has 2 aromatic heterocycles.